The lowest BCUT2D eigenvalue weighted by Gasteiger charge is -2.05. The van der Waals surface area contributed by atoms with Gasteiger partial charge in [0, 0.05) is 19.6 Å². The maximum atomic E-state index is 11.6. The van der Waals surface area contributed by atoms with E-state index in [2.05, 4.69) is 0 Å². The first kappa shape index (κ1) is 12.8. The molecule has 0 aliphatic rings. The van der Waals surface area contributed by atoms with Crippen molar-refractivity contribution < 1.29 is 17.9 Å². The Labute approximate surface area is 77.3 Å². The van der Waals surface area contributed by atoms with Crippen molar-refractivity contribution in [1.29, 1.82) is 0 Å². The molecule has 0 saturated heterocycles. The minimum absolute atomic E-state index is 0.176. The fraction of sp³-hybridized carbons (Fsp3) is 1.00. The lowest BCUT2D eigenvalue weighted by molar-refractivity contribution is -0.136. The van der Waals surface area contributed by atoms with Crippen molar-refractivity contribution in [2.45, 2.75) is 45.2 Å². The van der Waals surface area contributed by atoms with Crippen LogP contribution in [0.1, 0.15) is 39.0 Å². The van der Waals surface area contributed by atoms with E-state index in [4.69, 9.17) is 4.74 Å². The Morgan fingerprint density at radius 2 is 1.62 bits per heavy atom. The Kier molecular flexibility index (Phi) is 7.04. The smallest absolute Gasteiger partial charge is 0.381 e. The summed E-state index contributed by atoms with van der Waals surface area (Å²) in [4.78, 5) is 0. The van der Waals surface area contributed by atoms with Crippen LogP contribution in [-0.4, -0.2) is 19.4 Å². The standard InChI is InChI=1S/C9H17F3O/c1-2-3-7-13-8-5-4-6-9(10,11)12/h2-8H2,1H3. The molecule has 80 valence electrons. The minimum Gasteiger partial charge on any atom is -0.381 e. The first-order valence-electron chi connectivity index (χ1n) is 4.70. The molecule has 4 heteroatoms. The third-order valence-electron chi connectivity index (χ3n) is 1.64. The molecule has 0 saturated carbocycles. The molecule has 0 aliphatic heterocycles. The van der Waals surface area contributed by atoms with Crippen LogP contribution in [-0.2, 0) is 4.74 Å². The second-order valence-corrected chi connectivity index (χ2v) is 3.04. The molecule has 0 amide bonds. The molecule has 0 rings (SSSR count). The third kappa shape index (κ3) is 11.8. The molecule has 0 atom stereocenters. The highest BCUT2D eigenvalue weighted by Crippen LogP contribution is 2.21. The van der Waals surface area contributed by atoms with Gasteiger partial charge in [-0.3, -0.25) is 0 Å². The molecule has 13 heavy (non-hydrogen) atoms. The molecule has 0 radical (unpaired) electrons. The van der Waals surface area contributed by atoms with Crippen LogP contribution in [0.3, 0.4) is 0 Å². The molecular weight excluding hydrogens is 181 g/mol. The van der Waals surface area contributed by atoms with Crippen molar-refractivity contribution >= 4 is 0 Å². The molecule has 0 unspecified atom stereocenters. The Bertz CT molecular complexity index is 112. The highest BCUT2D eigenvalue weighted by Gasteiger charge is 2.25. The number of alkyl halides is 3. The maximum absolute atomic E-state index is 11.6. The van der Waals surface area contributed by atoms with Gasteiger partial charge in [-0.25, -0.2) is 0 Å². The van der Waals surface area contributed by atoms with Gasteiger partial charge in [-0.05, 0) is 19.3 Å². The van der Waals surface area contributed by atoms with Gasteiger partial charge in [-0.15, -0.1) is 0 Å². The van der Waals surface area contributed by atoms with Gasteiger partial charge < -0.3 is 4.74 Å². The van der Waals surface area contributed by atoms with Gasteiger partial charge in [0.2, 0.25) is 0 Å². The van der Waals surface area contributed by atoms with Crippen LogP contribution in [0.5, 0.6) is 0 Å². The van der Waals surface area contributed by atoms with E-state index in [0.717, 1.165) is 12.8 Å². The normalized spacial score (nSPS) is 12.0. The number of unbranched alkanes of at least 4 members (excludes halogenated alkanes) is 2. The molecule has 0 N–H and O–H groups in total. The summed E-state index contributed by atoms with van der Waals surface area (Å²) in [5, 5.41) is 0. The van der Waals surface area contributed by atoms with Crippen LogP contribution in [0, 0.1) is 0 Å². The lowest BCUT2D eigenvalue weighted by Crippen LogP contribution is -2.07. The molecule has 0 bridgehead atoms. The van der Waals surface area contributed by atoms with Crippen LogP contribution in [0.4, 0.5) is 13.2 Å². The minimum atomic E-state index is -4.01. The van der Waals surface area contributed by atoms with E-state index in [1.807, 2.05) is 6.92 Å². The van der Waals surface area contributed by atoms with Crippen molar-refractivity contribution in [3.63, 3.8) is 0 Å². The number of halogens is 3. The molecule has 0 aromatic carbocycles. The Morgan fingerprint density at radius 1 is 1.00 bits per heavy atom. The lowest BCUT2D eigenvalue weighted by atomic mass is 10.2. The second-order valence-electron chi connectivity index (χ2n) is 3.04. The summed E-state index contributed by atoms with van der Waals surface area (Å²) >= 11 is 0. The summed E-state index contributed by atoms with van der Waals surface area (Å²) in [6.07, 6.45) is -1.98. The summed E-state index contributed by atoms with van der Waals surface area (Å²) in [5.41, 5.74) is 0. The third-order valence-corrected chi connectivity index (χ3v) is 1.64. The van der Waals surface area contributed by atoms with Gasteiger partial charge in [0.15, 0.2) is 0 Å². The van der Waals surface area contributed by atoms with Crippen LogP contribution < -0.4 is 0 Å². The highest BCUT2D eigenvalue weighted by atomic mass is 19.4. The van der Waals surface area contributed by atoms with Crippen molar-refractivity contribution in [3.05, 3.63) is 0 Å². The average molecular weight is 198 g/mol. The molecule has 0 aromatic heterocycles. The van der Waals surface area contributed by atoms with Crippen molar-refractivity contribution in [2.75, 3.05) is 13.2 Å². The fourth-order valence-electron chi connectivity index (χ4n) is 0.878. The van der Waals surface area contributed by atoms with E-state index in [1.54, 1.807) is 0 Å². The van der Waals surface area contributed by atoms with Gasteiger partial charge in [-0.2, -0.15) is 13.2 Å². The molecular formula is C9H17F3O. The highest BCUT2D eigenvalue weighted by molar-refractivity contribution is 4.50. The molecule has 0 spiro atoms. The topological polar surface area (TPSA) is 9.23 Å². The average Bonchev–Trinajstić information content (AvgIpc) is 2.01. The van der Waals surface area contributed by atoms with Gasteiger partial charge in [0.1, 0.15) is 0 Å². The summed E-state index contributed by atoms with van der Waals surface area (Å²) in [5.74, 6) is 0. The van der Waals surface area contributed by atoms with Crippen molar-refractivity contribution in [3.8, 4) is 0 Å². The number of rotatable bonds is 7. The van der Waals surface area contributed by atoms with E-state index in [9.17, 15) is 13.2 Å². The van der Waals surface area contributed by atoms with Crippen LogP contribution in [0.15, 0.2) is 0 Å². The Morgan fingerprint density at radius 3 is 2.15 bits per heavy atom. The van der Waals surface area contributed by atoms with Crippen LogP contribution in [0.2, 0.25) is 0 Å². The summed E-state index contributed by atoms with van der Waals surface area (Å²) in [6, 6.07) is 0. The Balaban J connectivity index is 3.00. The molecule has 0 fully saturated rings. The molecule has 0 aliphatic carbocycles. The zero-order valence-electron chi connectivity index (χ0n) is 7.99. The van der Waals surface area contributed by atoms with E-state index in [1.165, 1.54) is 0 Å². The predicted molar refractivity (Wildman–Crippen MR) is 45.6 cm³/mol. The monoisotopic (exact) mass is 198 g/mol. The maximum Gasteiger partial charge on any atom is 0.389 e. The predicted octanol–water partition coefficient (Wildman–Crippen LogP) is 3.54. The van der Waals surface area contributed by atoms with Gasteiger partial charge >= 0.3 is 6.18 Å². The SMILES string of the molecule is CCCCOCCCCC(F)(F)F. The van der Waals surface area contributed by atoms with E-state index < -0.39 is 12.6 Å². The van der Waals surface area contributed by atoms with Crippen molar-refractivity contribution in [1.82, 2.24) is 0 Å². The largest absolute Gasteiger partial charge is 0.389 e. The summed E-state index contributed by atoms with van der Waals surface area (Å²) in [6.45, 7) is 3.17. The Hall–Kier alpha value is -0.250. The van der Waals surface area contributed by atoms with Gasteiger partial charge in [-0.1, -0.05) is 13.3 Å². The number of hydrogen-bond donors (Lipinski definition) is 0. The second kappa shape index (κ2) is 7.18. The van der Waals surface area contributed by atoms with Gasteiger partial charge in [0.25, 0.3) is 0 Å². The van der Waals surface area contributed by atoms with E-state index in [0.29, 0.717) is 19.6 Å². The van der Waals surface area contributed by atoms with Gasteiger partial charge in [0.05, 0.1) is 0 Å². The van der Waals surface area contributed by atoms with E-state index in [-0.39, 0.29) is 6.42 Å². The quantitative estimate of drug-likeness (QED) is 0.568. The summed E-state index contributed by atoms with van der Waals surface area (Å²) in [7, 11) is 0. The first-order valence-corrected chi connectivity index (χ1v) is 4.70. The van der Waals surface area contributed by atoms with Crippen LogP contribution >= 0.6 is 0 Å². The zero-order chi connectivity index (χ0) is 10.2. The molecule has 0 heterocycles. The zero-order valence-corrected chi connectivity index (χ0v) is 7.99. The van der Waals surface area contributed by atoms with Crippen molar-refractivity contribution in [2.24, 2.45) is 0 Å². The summed E-state index contributed by atoms with van der Waals surface area (Å²) < 4.78 is 40.1. The number of ether oxygens (including phenoxy) is 1. The molecule has 1 nitrogen and oxygen atoms in total. The van der Waals surface area contributed by atoms with E-state index >= 15 is 0 Å². The first-order chi connectivity index (χ1) is 6.06. The van der Waals surface area contributed by atoms with Crippen LogP contribution in [0.25, 0.3) is 0 Å². The fourth-order valence-corrected chi connectivity index (χ4v) is 0.878. The molecule has 0 aromatic rings. The number of hydrogen-bond acceptors (Lipinski definition) is 1.